The smallest absolute Gasteiger partial charge is 0.205 e. The van der Waals surface area contributed by atoms with Crippen LogP contribution in [0.2, 0.25) is 0 Å². The van der Waals surface area contributed by atoms with Crippen LogP contribution in [0.15, 0.2) is 24.3 Å². The second-order valence-electron chi connectivity index (χ2n) is 4.11. The fraction of sp³-hybridized carbons (Fsp3) is 0.385. The average molecular weight is 262 g/mol. The van der Waals surface area contributed by atoms with Crippen molar-refractivity contribution in [3.05, 3.63) is 41.2 Å². The SMILES string of the molecule is CCN(Cc1ccccc1CN)c1nc(C)ns1. The van der Waals surface area contributed by atoms with E-state index in [9.17, 15) is 0 Å². The maximum atomic E-state index is 5.77. The van der Waals surface area contributed by atoms with Gasteiger partial charge >= 0.3 is 0 Å². The lowest BCUT2D eigenvalue weighted by Gasteiger charge is -2.20. The molecule has 0 spiro atoms. The summed E-state index contributed by atoms with van der Waals surface area (Å²) in [5.41, 5.74) is 8.22. The zero-order chi connectivity index (χ0) is 13.0. The van der Waals surface area contributed by atoms with Crippen molar-refractivity contribution < 1.29 is 0 Å². The third-order valence-electron chi connectivity index (χ3n) is 2.87. The second-order valence-corrected chi connectivity index (χ2v) is 4.84. The van der Waals surface area contributed by atoms with Crippen LogP contribution in [0, 0.1) is 6.92 Å². The van der Waals surface area contributed by atoms with E-state index in [1.165, 1.54) is 22.7 Å². The van der Waals surface area contributed by atoms with E-state index in [2.05, 4.69) is 33.3 Å². The van der Waals surface area contributed by atoms with Crippen LogP contribution >= 0.6 is 11.5 Å². The Morgan fingerprint density at radius 2 is 2.00 bits per heavy atom. The number of rotatable bonds is 5. The molecule has 0 aliphatic rings. The van der Waals surface area contributed by atoms with Crippen molar-refractivity contribution in [1.29, 1.82) is 0 Å². The summed E-state index contributed by atoms with van der Waals surface area (Å²) in [4.78, 5) is 6.66. The number of anilines is 1. The zero-order valence-electron chi connectivity index (χ0n) is 10.8. The van der Waals surface area contributed by atoms with Gasteiger partial charge in [0.1, 0.15) is 5.82 Å². The largest absolute Gasteiger partial charge is 0.343 e. The van der Waals surface area contributed by atoms with Gasteiger partial charge in [-0.3, -0.25) is 0 Å². The van der Waals surface area contributed by atoms with Gasteiger partial charge < -0.3 is 10.6 Å². The first kappa shape index (κ1) is 13.0. The minimum Gasteiger partial charge on any atom is -0.343 e. The van der Waals surface area contributed by atoms with Crippen molar-refractivity contribution in [2.45, 2.75) is 26.9 Å². The molecule has 5 heteroatoms. The monoisotopic (exact) mass is 262 g/mol. The van der Waals surface area contributed by atoms with E-state index >= 15 is 0 Å². The highest BCUT2D eigenvalue weighted by atomic mass is 32.1. The maximum absolute atomic E-state index is 5.77. The van der Waals surface area contributed by atoms with E-state index in [0.717, 1.165) is 24.0 Å². The number of aromatic nitrogens is 2. The summed E-state index contributed by atoms with van der Waals surface area (Å²) in [7, 11) is 0. The molecule has 2 aromatic rings. The van der Waals surface area contributed by atoms with Crippen LogP contribution in [0.5, 0.6) is 0 Å². The van der Waals surface area contributed by atoms with Gasteiger partial charge in [0, 0.05) is 31.2 Å². The fourth-order valence-electron chi connectivity index (χ4n) is 1.85. The van der Waals surface area contributed by atoms with E-state index in [1.54, 1.807) is 0 Å². The Morgan fingerprint density at radius 1 is 1.28 bits per heavy atom. The molecule has 0 saturated carbocycles. The standard InChI is InChI=1S/C13H18N4S/c1-3-17(13-15-10(2)16-18-13)9-12-7-5-4-6-11(12)8-14/h4-7H,3,8-9,14H2,1-2H3. The maximum Gasteiger partial charge on any atom is 0.205 e. The lowest BCUT2D eigenvalue weighted by Crippen LogP contribution is -2.23. The van der Waals surface area contributed by atoms with Gasteiger partial charge in [0.25, 0.3) is 0 Å². The predicted molar refractivity (Wildman–Crippen MR) is 75.7 cm³/mol. The van der Waals surface area contributed by atoms with Gasteiger partial charge in [-0.25, -0.2) is 4.98 Å². The lowest BCUT2D eigenvalue weighted by molar-refractivity contribution is 0.812. The van der Waals surface area contributed by atoms with Crippen LogP contribution in [-0.4, -0.2) is 15.9 Å². The molecule has 0 aliphatic carbocycles. The molecule has 1 aromatic carbocycles. The summed E-state index contributed by atoms with van der Waals surface area (Å²) in [6.45, 7) is 6.36. The summed E-state index contributed by atoms with van der Waals surface area (Å²) >= 11 is 1.45. The van der Waals surface area contributed by atoms with Gasteiger partial charge in [0.15, 0.2) is 0 Å². The molecular formula is C13H18N4S. The van der Waals surface area contributed by atoms with Crippen LogP contribution in [-0.2, 0) is 13.1 Å². The Labute approximate surface area is 112 Å². The first-order valence-corrected chi connectivity index (χ1v) is 6.84. The summed E-state index contributed by atoms with van der Waals surface area (Å²) in [5, 5.41) is 0.974. The lowest BCUT2D eigenvalue weighted by atomic mass is 10.1. The van der Waals surface area contributed by atoms with Gasteiger partial charge in [0.2, 0.25) is 5.13 Å². The number of nitrogens with two attached hydrogens (primary N) is 1. The topological polar surface area (TPSA) is 55.0 Å². The minimum absolute atomic E-state index is 0.572. The highest BCUT2D eigenvalue weighted by Crippen LogP contribution is 2.20. The molecule has 2 N–H and O–H groups in total. The molecule has 1 aromatic heterocycles. The second kappa shape index (κ2) is 5.93. The molecule has 0 aliphatic heterocycles. The van der Waals surface area contributed by atoms with Crippen LogP contribution in [0.25, 0.3) is 0 Å². The number of hydrogen-bond acceptors (Lipinski definition) is 5. The summed E-state index contributed by atoms with van der Waals surface area (Å²) < 4.78 is 4.23. The molecule has 2 rings (SSSR count). The van der Waals surface area contributed by atoms with Crippen LogP contribution in [0.3, 0.4) is 0 Å². The molecule has 96 valence electrons. The number of hydrogen-bond donors (Lipinski definition) is 1. The molecule has 4 nitrogen and oxygen atoms in total. The molecule has 0 atom stereocenters. The summed E-state index contributed by atoms with van der Waals surface area (Å²) in [6.07, 6.45) is 0. The van der Waals surface area contributed by atoms with Crippen molar-refractivity contribution in [2.24, 2.45) is 5.73 Å². The van der Waals surface area contributed by atoms with Crippen LogP contribution < -0.4 is 10.6 Å². The Hall–Kier alpha value is -1.46. The third kappa shape index (κ3) is 2.86. The number of benzene rings is 1. The molecular weight excluding hydrogens is 244 g/mol. The highest BCUT2D eigenvalue weighted by molar-refractivity contribution is 7.09. The van der Waals surface area contributed by atoms with Crippen LogP contribution in [0.4, 0.5) is 5.13 Å². The molecule has 18 heavy (non-hydrogen) atoms. The predicted octanol–water partition coefficient (Wildman–Crippen LogP) is 2.33. The van der Waals surface area contributed by atoms with Gasteiger partial charge in [-0.15, -0.1) is 0 Å². The highest BCUT2D eigenvalue weighted by Gasteiger charge is 2.11. The van der Waals surface area contributed by atoms with E-state index in [0.29, 0.717) is 6.54 Å². The Bertz CT molecular complexity index is 509. The summed E-state index contributed by atoms with van der Waals surface area (Å²) in [5.74, 6) is 0.834. The zero-order valence-corrected chi connectivity index (χ0v) is 11.6. The first-order chi connectivity index (χ1) is 8.74. The van der Waals surface area contributed by atoms with E-state index in [-0.39, 0.29) is 0 Å². The van der Waals surface area contributed by atoms with E-state index in [1.807, 2.05) is 19.1 Å². The normalized spacial score (nSPS) is 10.6. The molecule has 0 amide bonds. The van der Waals surface area contributed by atoms with Gasteiger partial charge in [-0.1, -0.05) is 24.3 Å². The van der Waals surface area contributed by atoms with Gasteiger partial charge in [-0.05, 0) is 25.0 Å². The molecule has 0 unspecified atom stereocenters. The molecule has 0 bridgehead atoms. The summed E-state index contributed by atoms with van der Waals surface area (Å²) in [6, 6.07) is 8.28. The van der Waals surface area contributed by atoms with Crippen molar-refractivity contribution in [2.75, 3.05) is 11.4 Å². The van der Waals surface area contributed by atoms with Crippen molar-refractivity contribution >= 4 is 16.7 Å². The third-order valence-corrected chi connectivity index (χ3v) is 3.74. The average Bonchev–Trinajstić information content (AvgIpc) is 2.83. The van der Waals surface area contributed by atoms with Gasteiger partial charge in [0.05, 0.1) is 0 Å². The Morgan fingerprint density at radius 3 is 2.56 bits per heavy atom. The fourth-order valence-corrected chi connectivity index (χ4v) is 2.58. The van der Waals surface area contributed by atoms with Crippen molar-refractivity contribution in [3.8, 4) is 0 Å². The first-order valence-electron chi connectivity index (χ1n) is 6.06. The van der Waals surface area contributed by atoms with Crippen LogP contribution in [0.1, 0.15) is 23.9 Å². The Balaban J connectivity index is 2.20. The molecule has 1 heterocycles. The number of nitrogens with zero attached hydrogens (tertiary/aromatic N) is 3. The quantitative estimate of drug-likeness (QED) is 0.898. The molecule has 0 radical (unpaired) electrons. The molecule has 0 fully saturated rings. The van der Waals surface area contributed by atoms with Crippen molar-refractivity contribution in [1.82, 2.24) is 9.36 Å². The van der Waals surface area contributed by atoms with Crippen molar-refractivity contribution in [3.63, 3.8) is 0 Å². The minimum atomic E-state index is 0.572. The van der Waals surface area contributed by atoms with E-state index < -0.39 is 0 Å². The van der Waals surface area contributed by atoms with E-state index in [4.69, 9.17) is 5.73 Å². The number of aryl methyl sites for hydroxylation is 1. The van der Waals surface area contributed by atoms with Gasteiger partial charge in [-0.2, -0.15) is 4.37 Å². The Kier molecular flexibility index (Phi) is 4.28. The molecule has 0 saturated heterocycles.